The number of hydrogen-bond donors (Lipinski definition) is 2. The molecule has 0 spiro atoms. The van der Waals surface area contributed by atoms with Crippen molar-refractivity contribution in [1.29, 1.82) is 5.26 Å². The highest BCUT2D eigenvalue weighted by atomic mass is 32.2. The van der Waals surface area contributed by atoms with Crippen molar-refractivity contribution in [2.24, 2.45) is 5.73 Å². The molecule has 2 amide bonds. The number of aromatic nitrogens is 1. The minimum absolute atomic E-state index is 0.0844. The van der Waals surface area contributed by atoms with Crippen LogP contribution in [0.15, 0.2) is 60.7 Å². The highest BCUT2D eigenvalue weighted by Gasteiger charge is 2.26. The largest absolute Gasteiger partial charge is 0.364 e. The van der Waals surface area contributed by atoms with E-state index in [0.717, 1.165) is 16.7 Å². The summed E-state index contributed by atoms with van der Waals surface area (Å²) in [6.07, 6.45) is 0. The van der Waals surface area contributed by atoms with E-state index >= 15 is 0 Å². The second kappa shape index (κ2) is 9.71. The number of carbonyl (C=O) groups is 2. The first kappa shape index (κ1) is 20.4. The Balaban J connectivity index is 1.94. The second-order valence-corrected chi connectivity index (χ2v) is 7.44. The van der Waals surface area contributed by atoms with Crippen molar-refractivity contribution in [2.45, 2.75) is 11.7 Å². The Kier molecular flexibility index (Phi) is 6.82. The first-order valence-electron chi connectivity index (χ1n) is 9.06. The zero-order valence-electron chi connectivity index (χ0n) is 15.7. The van der Waals surface area contributed by atoms with E-state index in [1.165, 1.54) is 0 Å². The molecule has 1 atom stereocenters. The summed E-state index contributed by atoms with van der Waals surface area (Å²) in [5, 5.41) is 12.2. The van der Waals surface area contributed by atoms with Gasteiger partial charge in [-0.25, -0.2) is 4.98 Å². The van der Waals surface area contributed by atoms with Gasteiger partial charge in [-0.2, -0.15) is 17.0 Å². The third kappa shape index (κ3) is 5.12. The maximum atomic E-state index is 12.8. The third-order valence-corrected chi connectivity index (χ3v) is 5.52. The number of rotatable bonds is 8. The van der Waals surface area contributed by atoms with Crippen LogP contribution in [0, 0.1) is 11.3 Å². The number of nitrogens with one attached hydrogen (secondary N) is 1. The highest BCUT2D eigenvalue weighted by Crippen LogP contribution is 2.28. The molecule has 0 bridgehead atoms. The molecule has 3 N–H and O–H groups in total. The van der Waals surface area contributed by atoms with Crippen LogP contribution in [0.5, 0.6) is 0 Å². The van der Waals surface area contributed by atoms with E-state index in [0.29, 0.717) is 16.8 Å². The smallest absolute Gasteiger partial charge is 0.267 e. The summed E-state index contributed by atoms with van der Waals surface area (Å²) in [5.41, 5.74) is 7.91. The van der Waals surface area contributed by atoms with Crippen LogP contribution in [0.4, 0.5) is 0 Å². The molecule has 1 aromatic heterocycles. The van der Waals surface area contributed by atoms with Gasteiger partial charge in [0.25, 0.3) is 5.91 Å². The van der Waals surface area contributed by atoms with Gasteiger partial charge in [0.05, 0.1) is 17.5 Å². The number of benzene rings is 2. The monoisotopic (exact) mass is 404 g/mol. The van der Waals surface area contributed by atoms with Crippen LogP contribution in [0.2, 0.25) is 0 Å². The Morgan fingerprint density at radius 3 is 2.59 bits per heavy atom. The van der Waals surface area contributed by atoms with Gasteiger partial charge in [-0.3, -0.25) is 9.59 Å². The fourth-order valence-electron chi connectivity index (χ4n) is 3.02. The number of hydrogen-bond acceptors (Lipinski definition) is 5. The topological polar surface area (TPSA) is 109 Å². The molecular weight excluding hydrogens is 384 g/mol. The molecule has 0 fully saturated rings. The number of nitriles is 1. The molecule has 0 radical (unpaired) electrons. The lowest BCUT2D eigenvalue weighted by atomic mass is 9.96. The minimum atomic E-state index is -0.683. The van der Waals surface area contributed by atoms with Crippen LogP contribution >= 0.6 is 11.8 Å². The van der Waals surface area contributed by atoms with E-state index in [4.69, 9.17) is 11.0 Å². The molecule has 29 heavy (non-hydrogen) atoms. The van der Waals surface area contributed by atoms with Crippen LogP contribution in [0.25, 0.3) is 10.9 Å². The SMILES string of the molecule is N#CCNC(=O)C(CSCc1ccccc1)c1cc2ccccc2nc1C(N)=O. The van der Waals surface area contributed by atoms with Crippen LogP contribution < -0.4 is 11.1 Å². The van der Waals surface area contributed by atoms with Crippen molar-refractivity contribution in [1.82, 2.24) is 10.3 Å². The van der Waals surface area contributed by atoms with Gasteiger partial charge in [-0.1, -0.05) is 48.5 Å². The molecule has 0 aliphatic heterocycles. The zero-order valence-corrected chi connectivity index (χ0v) is 16.5. The average Bonchev–Trinajstić information content (AvgIpc) is 2.75. The lowest BCUT2D eigenvalue weighted by molar-refractivity contribution is -0.121. The molecule has 1 heterocycles. The first-order valence-corrected chi connectivity index (χ1v) is 10.2. The Labute approximate surface area is 173 Å². The van der Waals surface area contributed by atoms with Crippen LogP contribution in [-0.2, 0) is 10.5 Å². The predicted molar refractivity (Wildman–Crippen MR) is 114 cm³/mol. The van der Waals surface area contributed by atoms with Crippen molar-refractivity contribution < 1.29 is 9.59 Å². The summed E-state index contributed by atoms with van der Waals surface area (Å²) in [6, 6.07) is 21.0. The quantitative estimate of drug-likeness (QED) is 0.561. The molecule has 146 valence electrons. The Morgan fingerprint density at radius 1 is 1.14 bits per heavy atom. The number of carbonyl (C=O) groups excluding carboxylic acids is 2. The van der Waals surface area contributed by atoms with Gasteiger partial charge in [0, 0.05) is 16.9 Å². The van der Waals surface area contributed by atoms with Crippen LogP contribution in [0.3, 0.4) is 0 Å². The van der Waals surface area contributed by atoms with E-state index in [9.17, 15) is 9.59 Å². The molecule has 7 heteroatoms. The molecule has 0 aliphatic carbocycles. The number of primary amides is 1. The molecule has 0 saturated carbocycles. The van der Waals surface area contributed by atoms with E-state index in [2.05, 4.69) is 10.3 Å². The highest BCUT2D eigenvalue weighted by molar-refractivity contribution is 7.98. The van der Waals surface area contributed by atoms with Crippen molar-refractivity contribution >= 4 is 34.5 Å². The van der Waals surface area contributed by atoms with Crippen LogP contribution in [-0.4, -0.2) is 29.1 Å². The number of fused-ring (bicyclic) bond motifs is 1. The van der Waals surface area contributed by atoms with Gasteiger partial charge in [-0.05, 0) is 23.3 Å². The molecule has 0 saturated heterocycles. The van der Waals surface area contributed by atoms with E-state index in [1.54, 1.807) is 23.9 Å². The fraction of sp³-hybridized carbons (Fsp3) is 0.182. The van der Waals surface area contributed by atoms with Crippen LogP contribution in [0.1, 0.15) is 27.5 Å². The third-order valence-electron chi connectivity index (χ3n) is 4.42. The molecule has 1 unspecified atom stereocenters. The molecule has 3 aromatic rings. The normalized spacial score (nSPS) is 11.6. The summed E-state index contributed by atoms with van der Waals surface area (Å²) >= 11 is 1.57. The van der Waals surface area contributed by atoms with Gasteiger partial charge >= 0.3 is 0 Å². The number of nitrogens with two attached hydrogens (primary N) is 1. The minimum Gasteiger partial charge on any atom is -0.364 e. The van der Waals surface area contributed by atoms with Crippen molar-refractivity contribution in [3.8, 4) is 6.07 Å². The first-order chi connectivity index (χ1) is 14.1. The standard InChI is InChI=1S/C22H20N4O2S/c23-10-11-25-22(28)18(14-29-13-15-6-2-1-3-7-15)17-12-16-8-4-5-9-19(16)26-20(17)21(24)27/h1-9,12,18H,11,13-14H2,(H2,24,27)(H,25,28). The second-order valence-electron chi connectivity index (χ2n) is 6.41. The van der Waals surface area contributed by atoms with Gasteiger partial charge < -0.3 is 11.1 Å². The van der Waals surface area contributed by atoms with E-state index in [1.807, 2.05) is 54.6 Å². The number of para-hydroxylation sites is 1. The predicted octanol–water partition coefficient (Wildman–Crippen LogP) is 2.99. The Bertz CT molecular complexity index is 1060. The zero-order chi connectivity index (χ0) is 20.6. The Morgan fingerprint density at radius 2 is 1.86 bits per heavy atom. The van der Waals surface area contributed by atoms with Crippen molar-refractivity contribution in [2.75, 3.05) is 12.3 Å². The summed E-state index contributed by atoms with van der Waals surface area (Å²) < 4.78 is 0. The molecular formula is C22H20N4O2S. The van der Waals surface area contributed by atoms with Crippen molar-refractivity contribution in [3.05, 3.63) is 77.5 Å². The van der Waals surface area contributed by atoms with E-state index in [-0.39, 0.29) is 18.1 Å². The van der Waals surface area contributed by atoms with Gasteiger partial charge in [0.2, 0.25) is 5.91 Å². The summed E-state index contributed by atoms with van der Waals surface area (Å²) in [7, 11) is 0. The molecule has 6 nitrogen and oxygen atoms in total. The molecule has 2 aromatic carbocycles. The van der Waals surface area contributed by atoms with Gasteiger partial charge in [0.1, 0.15) is 12.2 Å². The lowest BCUT2D eigenvalue weighted by Crippen LogP contribution is -2.32. The van der Waals surface area contributed by atoms with Gasteiger partial charge in [0.15, 0.2) is 0 Å². The number of pyridine rings is 1. The maximum absolute atomic E-state index is 12.8. The number of nitrogens with zero attached hydrogens (tertiary/aromatic N) is 2. The summed E-state index contributed by atoms with van der Waals surface area (Å²) in [6.45, 7) is -0.106. The van der Waals surface area contributed by atoms with E-state index < -0.39 is 11.8 Å². The maximum Gasteiger partial charge on any atom is 0.267 e. The number of thioether (sulfide) groups is 1. The molecule has 0 aliphatic rings. The molecule has 3 rings (SSSR count). The Hall–Kier alpha value is -3.37. The summed E-state index contributed by atoms with van der Waals surface area (Å²) in [4.78, 5) is 29.3. The lowest BCUT2D eigenvalue weighted by Gasteiger charge is -2.19. The van der Waals surface area contributed by atoms with Crippen molar-refractivity contribution in [3.63, 3.8) is 0 Å². The van der Waals surface area contributed by atoms with Gasteiger partial charge in [-0.15, -0.1) is 0 Å². The summed E-state index contributed by atoms with van der Waals surface area (Å²) in [5.74, 6) is -0.525. The average molecular weight is 404 g/mol. The fourth-order valence-corrected chi connectivity index (χ4v) is 4.13. The number of amides is 2.